The van der Waals surface area contributed by atoms with Crippen LogP contribution in [0.15, 0.2) is 24.5 Å². The Hall–Kier alpha value is -2.68. The average molecular weight is 281 g/mol. The minimum atomic E-state index is 0.130. The lowest BCUT2D eigenvalue weighted by Crippen LogP contribution is -2.34. The summed E-state index contributed by atoms with van der Waals surface area (Å²) < 4.78 is 0. The molecule has 2 heterocycles. The van der Waals surface area contributed by atoms with E-state index in [9.17, 15) is 4.79 Å². The largest absolute Gasteiger partial charge is 0.367 e. The lowest BCUT2D eigenvalue weighted by molar-refractivity contribution is -0.110. The summed E-state index contributed by atoms with van der Waals surface area (Å²) in [7, 11) is 0. The minimum Gasteiger partial charge on any atom is -0.367 e. The Kier molecular flexibility index (Phi) is 3.40. The molecule has 0 saturated carbocycles. The standard InChI is InChI=1S/C15H15N5O/c1-10-7-20(8-12(10)19-9-21)13-3-2-11(6-16)14-15(13)18-5-4-17-14/h2-5,9-10,12H,7-8H2,1H3,(H,19,21). The van der Waals surface area contributed by atoms with Crippen molar-refractivity contribution in [2.45, 2.75) is 13.0 Å². The number of anilines is 1. The van der Waals surface area contributed by atoms with Crippen LogP contribution in [0.4, 0.5) is 5.69 Å². The van der Waals surface area contributed by atoms with Crippen molar-refractivity contribution < 1.29 is 4.79 Å². The van der Waals surface area contributed by atoms with Gasteiger partial charge in [0.2, 0.25) is 6.41 Å². The second-order valence-electron chi connectivity index (χ2n) is 5.27. The predicted octanol–water partition coefficient (Wildman–Crippen LogP) is 1.07. The molecule has 1 aliphatic heterocycles. The van der Waals surface area contributed by atoms with Gasteiger partial charge in [-0.15, -0.1) is 0 Å². The molecule has 1 N–H and O–H groups in total. The van der Waals surface area contributed by atoms with Gasteiger partial charge in [-0.25, -0.2) is 0 Å². The van der Waals surface area contributed by atoms with Crippen molar-refractivity contribution in [3.63, 3.8) is 0 Å². The van der Waals surface area contributed by atoms with Crippen molar-refractivity contribution in [3.8, 4) is 6.07 Å². The van der Waals surface area contributed by atoms with Gasteiger partial charge in [0.25, 0.3) is 0 Å². The highest BCUT2D eigenvalue weighted by Gasteiger charge is 2.30. The highest BCUT2D eigenvalue weighted by atomic mass is 16.1. The zero-order valence-electron chi connectivity index (χ0n) is 11.7. The van der Waals surface area contributed by atoms with E-state index in [4.69, 9.17) is 5.26 Å². The van der Waals surface area contributed by atoms with Crippen LogP contribution in [-0.2, 0) is 4.79 Å². The number of nitrogens with zero attached hydrogens (tertiary/aromatic N) is 4. The summed E-state index contributed by atoms with van der Waals surface area (Å²) in [5.74, 6) is 0.359. The van der Waals surface area contributed by atoms with Gasteiger partial charge in [0, 0.05) is 25.5 Å². The number of aromatic nitrogens is 2. The minimum absolute atomic E-state index is 0.130. The van der Waals surface area contributed by atoms with Crippen LogP contribution < -0.4 is 10.2 Å². The van der Waals surface area contributed by atoms with Crippen LogP contribution in [0.1, 0.15) is 12.5 Å². The summed E-state index contributed by atoms with van der Waals surface area (Å²) in [4.78, 5) is 21.5. The van der Waals surface area contributed by atoms with Crippen LogP contribution in [0.25, 0.3) is 11.0 Å². The summed E-state index contributed by atoms with van der Waals surface area (Å²) in [6.45, 7) is 3.68. The number of carbonyl (C=O) groups excluding carboxylic acids is 1. The lowest BCUT2D eigenvalue weighted by Gasteiger charge is -2.20. The molecule has 1 saturated heterocycles. The highest BCUT2D eigenvalue weighted by Crippen LogP contribution is 2.30. The van der Waals surface area contributed by atoms with E-state index >= 15 is 0 Å². The van der Waals surface area contributed by atoms with E-state index in [2.05, 4.69) is 33.2 Å². The molecular formula is C15H15N5O. The molecule has 0 bridgehead atoms. The Labute approximate surface area is 122 Å². The Morgan fingerprint density at radius 1 is 1.33 bits per heavy atom. The lowest BCUT2D eigenvalue weighted by atomic mass is 10.1. The van der Waals surface area contributed by atoms with Crippen LogP contribution in [0.5, 0.6) is 0 Å². The van der Waals surface area contributed by atoms with Gasteiger partial charge in [0.15, 0.2) is 0 Å². The Morgan fingerprint density at radius 2 is 2.10 bits per heavy atom. The first-order valence-electron chi connectivity index (χ1n) is 6.83. The molecular weight excluding hydrogens is 266 g/mol. The molecule has 0 radical (unpaired) electrons. The fourth-order valence-electron chi connectivity index (χ4n) is 2.86. The topological polar surface area (TPSA) is 81.9 Å². The quantitative estimate of drug-likeness (QED) is 0.851. The number of hydrogen-bond donors (Lipinski definition) is 1. The number of amides is 1. The van der Waals surface area contributed by atoms with Crippen LogP contribution in [0, 0.1) is 17.2 Å². The second kappa shape index (κ2) is 5.37. The van der Waals surface area contributed by atoms with Gasteiger partial charge in [-0.1, -0.05) is 6.92 Å². The van der Waals surface area contributed by atoms with E-state index in [0.717, 1.165) is 30.7 Å². The fourth-order valence-corrected chi connectivity index (χ4v) is 2.86. The van der Waals surface area contributed by atoms with Crippen molar-refractivity contribution in [1.29, 1.82) is 5.26 Å². The zero-order valence-corrected chi connectivity index (χ0v) is 11.7. The van der Waals surface area contributed by atoms with Crippen molar-refractivity contribution in [2.75, 3.05) is 18.0 Å². The highest BCUT2D eigenvalue weighted by molar-refractivity contribution is 5.92. The van der Waals surface area contributed by atoms with Crippen LogP contribution in [0.3, 0.4) is 0 Å². The van der Waals surface area contributed by atoms with Gasteiger partial charge < -0.3 is 10.2 Å². The molecule has 0 aliphatic carbocycles. The number of rotatable bonds is 3. The Balaban J connectivity index is 2.03. The molecule has 3 rings (SSSR count). The predicted molar refractivity (Wildman–Crippen MR) is 78.6 cm³/mol. The third-order valence-electron chi connectivity index (χ3n) is 3.96. The maximum Gasteiger partial charge on any atom is 0.207 e. The number of nitrogens with one attached hydrogen (secondary N) is 1. The van der Waals surface area contributed by atoms with E-state index in [1.165, 1.54) is 0 Å². The number of benzene rings is 1. The molecule has 1 aromatic carbocycles. The molecule has 2 unspecified atom stereocenters. The summed E-state index contributed by atoms with van der Waals surface area (Å²) in [5.41, 5.74) is 2.84. The summed E-state index contributed by atoms with van der Waals surface area (Å²) in [5, 5.41) is 12.0. The zero-order chi connectivity index (χ0) is 14.8. The maximum atomic E-state index is 10.7. The Morgan fingerprint density at radius 3 is 2.81 bits per heavy atom. The van der Waals surface area contributed by atoms with Crippen molar-refractivity contribution in [3.05, 3.63) is 30.1 Å². The van der Waals surface area contributed by atoms with Gasteiger partial charge in [-0.3, -0.25) is 14.8 Å². The molecule has 1 aliphatic rings. The van der Waals surface area contributed by atoms with Crippen molar-refractivity contribution in [2.24, 2.45) is 5.92 Å². The molecule has 21 heavy (non-hydrogen) atoms. The molecule has 2 aromatic rings. The number of hydrogen-bond acceptors (Lipinski definition) is 5. The molecule has 1 aromatic heterocycles. The van der Waals surface area contributed by atoms with E-state index < -0.39 is 0 Å². The fraction of sp³-hybridized carbons (Fsp3) is 0.333. The molecule has 6 nitrogen and oxygen atoms in total. The molecule has 2 atom stereocenters. The number of fused-ring (bicyclic) bond motifs is 1. The van der Waals surface area contributed by atoms with Crippen LogP contribution in [-0.4, -0.2) is 35.5 Å². The van der Waals surface area contributed by atoms with Crippen LogP contribution in [0.2, 0.25) is 0 Å². The first kappa shape index (κ1) is 13.3. The third kappa shape index (κ3) is 2.27. The summed E-state index contributed by atoms with van der Waals surface area (Å²) in [6, 6.07) is 5.96. The molecule has 106 valence electrons. The van der Waals surface area contributed by atoms with Gasteiger partial charge in [0.1, 0.15) is 17.1 Å². The normalized spacial score (nSPS) is 21.2. The first-order chi connectivity index (χ1) is 10.2. The smallest absolute Gasteiger partial charge is 0.207 e. The van der Waals surface area contributed by atoms with Crippen molar-refractivity contribution in [1.82, 2.24) is 15.3 Å². The number of carbonyl (C=O) groups is 1. The van der Waals surface area contributed by atoms with Crippen LogP contribution >= 0.6 is 0 Å². The monoisotopic (exact) mass is 281 g/mol. The van der Waals surface area contributed by atoms with Gasteiger partial charge >= 0.3 is 0 Å². The second-order valence-corrected chi connectivity index (χ2v) is 5.27. The van der Waals surface area contributed by atoms with E-state index in [1.807, 2.05) is 6.07 Å². The van der Waals surface area contributed by atoms with Gasteiger partial charge in [-0.2, -0.15) is 5.26 Å². The van der Waals surface area contributed by atoms with E-state index in [1.54, 1.807) is 18.5 Å². The summed E-state index contributed by atoms with van der Waals surface area (Å²) in [6.07, 6.45) is 3.98. The number of nitriles is 1. The van der Waals surface area contributed by atoms with E-state index in [-0.39, 0.29) is 6.04 Å². The average Bonchev–Trinajstić information content (AvgIpc) is 2.87. The molecule has 0 spiro atoms. The van der Waals surface area contributed by atoms with Gasteiger partial charge in [0.05, 0.1) is 17.3 Å². The molecule has 6 heteroatoms. The first-order valence-corrected chi connectivity index (χ1v) is 6.83. The van der Waals surface area contributed by atoms with Crippen molar-refractivity contribution >= 4 is 23.1 Å². The molecule has 1 amide bonds. The SMILES string of the molecule is CC1CN(c2ccc(C#N)c3nccnc23)CC1NC=O. The van der Waals surface area contributed by atoms with Gasteiger partial charge in [-0.05, 0) is 18.1 Å². The Bertz CT molecular complexity index is 724. The molecule has 1 fully saturated rings. The summed E-state index contributed by atoms with van der Waals surface area (Å²) >= 11 is 0. The van der Waals surface area contributed by atoms with E-state index in [0.29, 0.717) is 17.0 Å². The third-order valence-corrected chi connectivity index (χ3v) is 3.96. The maximum absolute atomic E-state index is 10.7.